The quantitative estimate of drug-likeness (QED) is 0.697. The van der Waals surface area contributed by atoms with E-state index in [0.717, 1.165) is 35.5 Å². The van der Waals surface area contributed by atoms with Crippen LogP contribution in [0.4, 0.5) is 23.0 Å². The summed E-state index contributed by atoms with van der Waals surface area (Å²) in [6.45, 7) is 1.71. The summed E-state index contributed by atoms with van der Waals surface area (Å²) in [5.74, 6) is 1.41. The third-order valence-corrected chi connectivity index (χ3v) is 4.93. The van der Waals surface area contributed by atoms with E-state index < -0.39 is 0 Å². The highest BCUT2D eigenvalue weighted by molar-refractivity contribution is 9.10. The Morgan fingerprint density at radius 2 is 1.76 bits per heavy atom. The Morgan fingerprint density at radius 1 is 1.00 bits per heavy atom. The predicted molar refractivity (Wildman–Crippen MR) is 105 cm³/mol. The molecule has 0 radical (unpaired) electrons. The molecule has 0 bridgehead atoms. The number of rotatable bonds is 3. The van der Waals surface area contributed by atoms with Crippen LogP contribution in [0.5, 0.6) is 0 Å². The minimum Gasteiger partial charge on any atom is -0.393 e. The zero-order valence-electron chi connectivity index (χ0n) is 13.6. The lowest BCUT2D eigenvalue weighted by atomic mass is 10.00. The lowest BCUT2D eigenvalue weighted by Crippen LogP contribution is -2.31. The van der Waals surface area contributed by atoms with Crippen LogP contribution in [0.3, 0.4) is 0 Å². The van der Waals surface area contributed by atoms with Gasteiger partial charge in [-0.2, -0.15) is 0 Å². The minimum absolute atomic E-state index is 0.574. The van der Waals surface area contributed by atoms with E-state index in [0.29, 0.717) is 11.5 Å². The number of anilines is 4. The second kappa shape index (κ2) is 6.72. The molecule has 0 atom stereocenters. The van der Waals surface area contributed by atoms with Crippen LogP contribution < -0.4 is 16.0 Å². The van der Waals surface area contributed by atoms with E-state index in [-0.39, 0.29) is 0 Å². The first kappa shape index (κ1) is 15.9. The molecule has 1 aliphatic rings. The van der Waals surface area contributed by atoms with Gasteiger partial charge in [-0.1, -0.05) is 40.2 Å². The van der Waals surface area contributed by atoms with Crippen LogP contribution in [0.15, 0.2) is 59.3 Å². The molecule has 6 heteroatoms. The van der Waals surface area contributed by atoms with Crippen LogP contribution in [0.2, 0.25) is 0 Å². The van der Waals surface area contributed by atoms with Gasteiger partial charge in [-0.3, -0.25) is 0 Å². The number of nitrogen functional groups attached to an aromatic ring is 1. The Kier molecular flexibility index (Phi) is 4.28. The zero-order chi connectivity index (χ0) is 17.2. The van der Waals surface area contributed by atoms with Crippen LogP contribution in [-0.4, -0.2) is 16.5 Å². The summed E-state index contributed by atoms with van der Waals surface area (Å²) in [7, 11) is 0. The molecule has 3 aromatic rings. The van der Waals surface area contributed by atoms with Gasteiger partial charge in [0.1, 0.15) is 12.0 Å². The average Bonchev–Trinajstić information content (AvgIpc) is 2.65. The minimum atomic E-state index is 0.574. The topological polar surface area (TPSA) is 67.1 Å². The first-order valence-corrected chi connectivity index (χ1v) is 8.95. The number of nitrogens with one attached hydrogen (secondary N) is 1. The van der Waals surface area contributed by atoms with E-state index in [1.807, 2.05) is 24.3 Å². The number of aromatic nitrogens is 2. The van der Waals surface area contributed by atoms with E-state index in [1.165, 1.54) is 11.1 Å². The molecule has 2 aromatic carbocycles. The maximum absolute atomic E-state index is 6.37. The van der Waals surface area contributed by atoms with Crippen molar-refractivity contribution in [3.05, 3.63) is 70.5 Å². The summed E-state index contributed by atoms with van der Waals surface area (Å²) in [6, 6.07) is 16.4. The van der Waals surface area contributed by atoms with Gasteiger partial charge in [0.05, 0.1) is 0 Å². The summed E-state index contributed by atoms with van der Waals surface area (Å²) >= 11 is 3.44. The summed E-state index contributed by atoms with van der Waals surface area (Å²) in [5, 5.41) is 3.27. The van der Waals surface area contributed by atoms with Gasteiger partial charge in [0.15, 0.2) is 11.6 Å². The molecular weight excluding hydrogens is 378 g/mol. The van der Waals surface area contributed by atoms with Crippen molar-refractivity contribution in [3.8, 4) is 0 Å². The number of fused-ring (bicyclic) bond motifs is 1. The van der Waals surface area contributed by atoms with Crippen molar-refractivity contribution in [3.63, 3.8) is 0 Å². The molecule has 1 aliphatic heterocycles. The number of nitrogens with two attached hydrogens (primary N) is 1. The smallest absolute Gasteiger partial charge is 0.159 e. The van der Waals surface area contributed by atoms with E-state index in [2.05, 4.69) is 60.4 Å². The highest BCUT2D eigenvalue weighted by Crippen LogP contribution is 2.31. The first-order chi connectivity index (χ1) is 12.2. The molecule has 1 aromatic heterocycles. The Morgan fingerprint density at radius 3 is 2.56 bits per heavy atom. The second-order valence-electron chi connectivity index (χ2n) is 6.03. The molecule has 0 unspecified atom stereocenters. The lowest BCUT2D eigenvalue weighted by Gasteiger charge is -2.30. The van der Waals surface area contributed by atoms with Crippen molar-refractivity contribution in [2.75, 3.05) is 22.5 Å². The Bertz CT molecular complexity index is 895. The van der Waals surface area contributed by atoms with Gasteiger partial charge < -0.3 is 16.0 Å². The molecule has 25 heavy (non-hydrogen) atoms. The number of nitrogens with zero attached hydrogens (tertiary/aromatic N) is 3. The molecule has 5 nitrogen and oxygen atoms in total. The Balaban J connectivity index is 1.60. The third-order valence-electron chi connectivity index (χ3n) is 4.40. The average molecular weight is 396 g/mol. The van der Waals surface area contributed by atoms with E-state index in [1.54, 1.807) is 6.33 Å². The molecular formula is C19H18BrN5. The SMILES string of the molecule is Nc1c(Nc2ccc(Br)cc2)ncnc1N1CCc2ccccc2C1. The fraction of sp³-hybridized carbons (Fsp3) is 0.158. The lowest BCUT2D eigenvalue weighted by molar-refractivity contribution is 0.721. The van der Waals surface area contributed by atoms with Crippen molar-refractivity contribution in [2.24, 2.45) is 0 Å². The van der Waals surface area contributed by atoms with Crippen LogP contribution in [-0.2, 0) is 13.0 Å². The van der Waals surface area contributed by atoms with E-state index >= 15 is 0 Å². The molecule has 0 amide bonds. The van der Waals surface area contributed by atoms with Gasteiger partial charge >= 0.3 is 0 Å². The highest BCUT2D eigenvalue weighted by atomic mass is 79.9. The summed E-state index contributed by atoms with van der Waals surface area (Å²) in [4.78, 5) is 11.0. The fourth-order valence-electron chi connectivity index (χ4n) is 3.08. The van der Waals surface area contributed by atoms with Gasteiger partial charge in [0, 0.05) is 23.2 Å². The number of hydrogen-bond donors (Lipinski definition) is 2. The van der Waals surface area contributed by atoms with Crippen LogP contribution in [0.1, 0.15) is 11.1 Å². The van der Waals surface area contributed by atoms with E-state index in [4.69, 9.17) is 5.73 Å². The molecule has 2 heterocycles. The molecule has 0 saturated heterocycles. The maximum Gasteiger partial charge on any atom is 0.159 e. The molecule has 0 aliphatic carbocycles. The molecule has 0 saturated carbocycles. The van der Waals surface area contributed by atoms with Crippen molar-refractivity contribution in [2.45, 2.75) is 13.0 Å². The zero-order valence-corrected chi connectivity index (χ0v) is 15.2. The number of hydrogen-bond acceptors (Lipinski definition) is 5. The molecule has 0 fully saturated rings. The fourth-order valence-corrected chi connectivity index (χ4v) is 3.35. The van der Waals surface area contributed by atoms with Crippen LogP contribution in [0, 0.1) is 0 Å². The molecule has 3 N–H and O–H groups in total. The van der Waals surface area contributed by atoms with Gasteiger partial charge in [-0.05, 0) is 41.8 Å². The number of benzene rings is 2. The van der Waals surface area contributed by atoms with E-state index in [9.17, 15) is 0 Å². The van der Waals surface area contributed by atoms with Crippen molar-refractivity contribution in [1.82, 2.24) is 9.97 Å². The molecule has 126 valence electrons. The first-order valence-electron chi connectivity index (χ1n) is 8.15. The summed E-state index contributed by atoms with van der Waals surface area (Å²) in [6.07, 6.45) is 2.56. The van der Waals surface area contributed by atoms with Gasteiger partial charge in [-0.15, -0.1) is 0 Å². The monoisotopic (exact) mass is 395 g/mol. The van der Waals surface area contributed by atoms with Crippen molar-refractivity contribution < 1.29 is 0 Å². The summed E-state index contributed by atoms with van der Waals surface area (Å²) in [5.41, 5.74) is 10.6. The Hall–Kier alpha value is -2.60. The van der Waals surface area contributed by atoms with Crippen LogP contribution in [0.25, 0.3) is 0 Å². The maximum atomic E-state index is 6.37. The van der Waals surface area contributed by atoms with Gasteiger partial charge in [0.25, 0.3) is 0 Å². The molecule has 0 spiro atoms. The van der Waals surface area contributed by atoms with Gasteiger partial charge in [-0.25, -0.2) is 9.97 Å². The normalized spacial score (nSPS) is 13.4. The summed E-state index contributed by atoms with van der Waals surface area (Å²) < 4.78 is 1.03. The number of halogens is 1. The Labute approximate surface area is 155 Å². The molecule has 4 rings (SSSR count). The standard InChI is InChI=1S/C19H18BrN5/c20-15-5-7-16(8-6-15)24-18-17(21)19(23-12-22-18)25-10-9-13-3-1-2-4-14(13)11-25/h1-8,12H,9-11,21H2,(H,22,23,24). The highest BCUT2D eigenvalue weighted by Gasteiger charge is 2.20. The van der Waals surface area contributed by atoms with Crippen LogP contribution >= 0.6 is 15.9 Å². The largest absolute Gasteiger partial charge is 0.393 e. The predicted octanol–water partition coefficient (Wildman–Crippen LogP) is 4.13. The van der Waals surface area contributed by atoms with Crippen molar-refractivity contribution in [1.29, 1.82) is 0 Å². The van der Waals surface area contributed by atoms with Crippen molar-refractivity contribution >= 4 is 38.9 Å². The third kappa shape index (κ3) is 3.30. The second-order valence-corrected chi connectivity index (χ2v) is 6.95. The van der Waals surface area contributed by atoms with Gasteiger partial charge in [0.2, 0.25) is 0 Å².